The number of nitrogens with one attached hydrogen (secondary N) is 1. The van der Waals surface area contributed by atoms with Gasteiger partial charge in [0.25, 0.3) is 0 Å². The Bertz CT molecular complexity index is 467. The van der Waals surface area contributed by atoms with Gasteiger partial charge in [-0.1, -0.05) is 38.4 Å². The molecule has 0 bridgehead atoms. The quantitative estimate of drug-likeness (QED) is 0.726. The first-order chi connectivity index (χ1) is 10.0. The molecule has 0 radical (unpaired) electrons. The number of carbonyl (C=O) groups is 2. The van der Waals surface area contributed by atoms with Gasteiger partial charge in [-0.25, -0.2) is 4.79 Å². The zero-order valence-electron chi connectivity index (χ0n) is 14.1. The Morgan fingerprint density at radius 1 is 1.36 bits per heavy atom. The second kappa shape index (κ2) is 8.68. The molecule has 1 atom stereocenters. The predicted molar refractivity (Wildman–Crippen MR) is 92.3 cm³/mol. The molecule has 5 nitrogen and oxygen atoms in total. The lowest BCUT2D eigenvalue weighted by Crippen LogP contribution is -2.41. The van der Waals surface area contributed by atoms with Gasteiger partial charge in [-0.3, -0.25) is 4.79 Å². The second-order valence-corrected chi connectivity index (χ2v) is 6.92. The van der Waals surface area contributed by atoms with Crippen LogP contribution in [0.3, 0.4) is 0 Å². The summed E-state index contributed by atoms with van der Waals surface area (Å²) in [5.74, 6) is -0.334. The van der Waals surface area contributed by atoms with E-state index in [9.17, 15) is 9.59 Å². The average Bonchev–Trinajstić information content (AvgIpc) is 2.36. The molecule has 0 aliphatic carbocycles. The van der Waals surface area contributed by atoms with E-state index in [2.05, 4.69) is 25.1 Å². The molecule has 2 amide bonds. The molecule has 0 aliphatic rings. The zero-order chi connectivity index (χ0) is 17.5. The largest absolute Gasteiger partial charge is 0.444 e. The summed E-state index contributed by atoms with van der Waals surface area (Å²) in [5.41, 5.74) is -0.556. The van der Waals surface area contributed by atoms with Crippen LogP contribution in [0.2, 0.25) is 0 Å². The van der Waals surface area contributed by atoms with E-state index in [1.165, 1.54) is 22.7 Å². The molecule has 0 aliphatic heterocycles. The van der Waals surface area contributed by atoms with E-state index in [4.69, 9.17) is 4.74 Å². The third-order valence-corrected chi connectivity index (χ3v) is 3.49. The summed E-state index contributed by atoms with van der Waals surface area (Å²) in [5, 5.41) is 3.00. The molecule has 0 fully saturated rings. The topological polar surface area (TPSA) is 58.6 Å². The summed E-state index contributed by atoms with van der Waals surface area (Å²) >= 11 is 1.22. The van der Waals surface area contributed by atoms with Crippen LogP contribution in [-0.2, 0) is 9.53 Å². The van der Waals surface area contributed by atoms with Crippen molar-refractivity contribution in [2.24, 2.45) is 0 Å². The fraction of sp³-hybridized carbons (Fsp3) is 0.500. The maximum atomic E-state index is 12.1. The number of hydrogen-bond acceptors (Lipinski definition) is 4. The van der Waals surface area contributed by atoms with Gasteiger partial charge in [-0.2, -0.15) is 0 Å². The summed E-state index contributed by atoms with van der Waals surface area (Å²) in [6.07, 6.45) is 1.42. The third kappa shape index (κ3) is 7.36. The highest BCUT2D eigenvalue weighted by Crippen LogP contribution is 2.28. The van der Waals surface area contributed by atoms with Gasteiger partial charge >= 0.3 is 6.09 Å². The van der Waals surface area contributed by atoms with Gasteiger partial charge in [0.2, 0.25) is 5.91 Å². The van der Waals surface area contributed by atoms with E-state index in [-0.39, 0.29) is 11.9 Å². The van der Waals surface area contributed by atoms with Crippen LogP contribution in [0.25, 0.3) is 0 Å². The van der Waals surface area contributed by atoms with Crippen LogP contribution in [0.1, 0.15) is 34.1 Å². The van der Waals surface area contributed by atoms with Crippen molar-refractivity contribution in [1.29, 1.82) is 0 Å². The molecule has 0 spiro atoms. The Morgan fingerprint density at radius 2 is 1.91 bits per heavy atom. The van der Waals surface area contributed by atoms with E-state index >= 15 is 0 Å². The minimum atomic E-state index is -0.556. The van der Waals surface area contributed by atoms with E-state index in [1.54, 1.807) is 7.05 Å². The van der Waals surface area contributed by atoms with Crippen LogP contribution < -0.4 is 5.32 Å². The second-order valence-electron chi connectivity index (χ2n) is 5.70. The molecule has 0 rings (SSSR count). The van der Waals surface area contributed by atoms with Gasteiger partial charge in [0.15, 0.2) is 0 Å². The first kappa shape index (κ1) is 20.3. The summed E-state index contributed by atoms with van der Waals surface area (Å²) in [7, 11) is 1.67. The molecular weight excluding hydrogens is 300 g/mol. The highest BCUT2D eigenvalue weighted by molar-refractivity contribution is 8.06. The fourth-order valence-corrected chi connectivity index (χ4v) is 2.55. The highest BCUT2D eigenvalue weighted by atomic mass is 32.2. The SMILES string of the molecule is C=CC(=O)NC(=C)SC(=C)C(CC)N(C)C(=O)OC(C)(C)C. The monoisotopic (exact) mass is 326 g/mol. The van der Waals surface area contributed by atoms with Gasteiger partial charge in [0.1, 0.15) is 5.60 Å². The zero-order valence-corrected chi connectivity index (χ0v) is 14.9. The summed E-state index contributed by atoms with van der Waals surface area (Å²) in [4.78, 5) is 25.5. The minimum Gasteiger partial charge on any atom is -0.444 e. The Kier molecular flexibility index (Phi) is 8.01. The summed E-state index contributed by atoms with van der Waals surface area (Å²) < 4.78 is 5.35. The van der Waals surface area contributed by atoms with E-state index in [1.807, 2.05) is 27.7 Å². The van der Waals surface area contributed by atoms with Crippen molar-refractivity contribution in [3.63, 3.8) is 0 Å². The predicted octanol–water partition coefficient (Wildman–Crippen LogP) is 3.65. The molecule has 0 heterocycles. The lowest BCUT2D eigenvalue weighted by atomic mass is 10.2. The molecule has 0 saturated carbocycles. The van der Waals surface area contributed by atoms with E-state index < -0.39 is 11.7 Å². The number of amides is 2. The standard InChI is InChI=1S/C16H26N2O3S/c1-9-13(18(8)15(20)21-16(5,6)7)11(3)22-12(4)17-14(19)10-2/h10,13H,2-4,9H2,1,5-8H3,(H,17,19). The fourth-order valence-electron chi connectivity index (χ4n) is 1.62. The molecule has 0 saturated heterocycles. The maximum Gasteiger partial charge on any atom is 0.410 e. The van der Waals surface area contributed by atoms with Crippen molar-refractivity contribution in [3.8, 4) is 0 Å². The summed E-state index contributed by atoms with van der Waals surface area (Å²) in [6, 6.07) is -0.225. The van der Waals surface area contributed by atoms with Crippen LogP contribution in [0.4, 0.5) is 4.79 Å². The average molecular weight is 326 g/mol. The van der Waals surface area contributed by atoms with Gasteiger partial charge < -0.3 is 15.0 Å². The molecule has 0 aromatic heterocycles. The molecule has 1 N–H and O–H groups in total. The molecule has 22 heavy (non-hydrogen) atoms. The van der Waals surface area contributed by atoms with Gasteiger partial charge in [-0.15, -0.1) is 0 Å². The number of carbonyl (C=O) groups excluding carboxylic acids is 2. The lowest BCUT2D eigenvalue weighted by molar-refractivity contribution is -0.115. The van der Waals surface area contributed by atoms with Crippen molar-refractivity contribution in [2.45, 2.75) is 45.8 Å². The Morgan fingerprint density at radius 3 is 2.32 bits per heavy atom. The van der Waals surface area contributed by atoms with Gasteiger partial charge in [0.05, 0.1) is 11.1 Å². The number of likely N-dealkylation sites (N-methyl/N-ethyl adjacent to an activating group) is 1. The maximum absolute atomic E-state index is 12.1. The molecule has 6 heteroatoms. The van der Waals surface area contributed by atoms with E-state index in [0.717, 1.165) is 0 Å². The van der Waals surface area contributed by atoms with Crippen LogP contribution >= 0.6 is 11.8 Å². The molecule has 124 valence electrons. The molecule has 1 unspecified atom stereocenters. The van der Waals surface area contributed by atoms with Crippen LogP contribution in [0.5, 0.6) is 0 Å². The Labute approximate surface area is 137 Å². The van der Waals surface area contributed by atoms with Gasteiger partial charge in [0, 0.05) is 12.0 Å². The number of ether oxygens (including phenoxy) is 1. The van der Waals surface area contributed by atoms with Crippen molar-refractivity contribution in [3.05, 3.63) is 35.7 Å². The van der Waals surface area contributed by atoms with Gasteiger partial charge in [-0.05, 0) is 33.3 Å². The number of rotatable bonds is 7. The Hall–Kier alpha value is -1.69. The molecule has 0 aromatic carbocycles. The van der Waals surface area contributed by atoms with Crippen LogP contribution in [-0.4, -0.2) is 35.6 Å². The first-order valence-corrected chi connectivity index (χ1v) is 7.78. The molecule has 0 aromatic rings. The van der Waals surface area contributed by atoms with Crippen LogP contribution in [0, 0.1) is 0 Å². The number of nitrogens with zero attached hydrogens (tertiary/aromatic N) is 1. The van der Waals surface area contributed by atoms with Crippen molar-refractivity contribution in [2.75, 3.05) is 7.05 Å². The van der Waals surface area contributed by atoms with Crippen molar-refractivity contribution in [1.82, 2.24) is 10.2 Å². The minimum absolute atomic E-state index is 0.225. The summed E-state index contributed by atoms with van der Waals surface area (Å²) in [6.45, 7) is 18.5. The number of hydrogen-bond donors (Lipinski definition) is 1. The van der Waals surface area contributed by atoms with Crippen molar-refractivity contribution < 1.29 is 14.3 Å². The lowest BCUT2D eigenvalue weighted by Gasteiger charge is -2.31. The third-order valence-electron chi connectivity index (χ3n) is 2.61. The highest BCUT2D eigenvalue weighted by Gasteiger charge is 2.26. The van der Waals surface area contributed by atoms with Crippen molar-refractivity contribution >= 4 is 23.8 Å². The van der Waals surface area contributed by atoms with E-state index in [0.29, 0.717) is 16.4 Å². The Balaban J connectivity index is 4.77. The smallest absolute Gasteiger partial charge is 0.410 e. The number of thioether (sulfide) groups is 1. The van der Waals surface area contributed by atoms with Crippen LogP contribution in [0.15, 0.2) is 35.7 Å². The normalized spacial score (nSPS) is 12.0. The first-order valence-electron chi connectivity index (χ1n) is 6.96. The molecular formula is C16H26N2O3S.